The second kappa shape index (κ2) is 3.79. The zero-order valence-electron chi connectivity index (χ0n) is 8.09. The van der Waals surface area contributed by atoms with Gasteiger partial charge in [-0.2, -0.15) is 0 Å². The van der Waals surface area contributed by atoms with Gasteiger partial charge < -0.3 is 9.84 Å². The first kappa shape index (κ1) is 9.81. The van der Waals surface area contributed by atoms with Crippen molar-refractivity contribution in [3.8, 4) is 5.75 Å². The molecule has 0 spiro atoms. The van der Waals surface area contributed by atoms with Crippen LogP contribution in [0.15, 0.2) is 12.1 Å². The molecule has 0 saturated heterocycles. The molecule has 2 rings (SSSR count). The Bertz CT molecular complexity index is 345. The van der Waals surface area contributed by atoms with Crippen LogP contribution in [0.2, 0.25) is 5.02 Å². The molecule has 1 fully saturated rings. The van der Waals surface area contributed by atoms with E-state index < -0.39 is 0 Å². The number of benzene rings is 1. The lowest BCUT2D eigenvalue weighted by Gasteiger charge is -2.11. The van der Waals surface area contributed by atoms with Gasteiger partial charge in [0.25, 0.3) is 0 Å². The molecule has 1 aromatic carbocycles. The molecule has 0 aliphatic heterocycles. The number of rotatable bonds is 3. The molecular formula is C11H13ClO2. The quantitative estimate of drug-likeness (QED) is 0.835. The molecular weight excluding hydrogens is 200 g/mol. The normalized spacial score (nSPS) is 15.6. The van der Waals surface area contributed by atoms with Gasteiger partial charge in [-0.15, -0.1) is 0 Å². The summed E-state index contributed by atoms with van der Waals surface area (Å²) in [6.07, 6.45) is 2.38. The Morgan fingerprint density at radius 2 is 2.21 bits per heavy atom. The molecule has 1 aromatic rings. The molecule has 0 atom stereocenters. The number of hydrogen-bond acceptors (Lipinski definition) is 2. The standard InChI is InChI=1S/C11H13ClO2/c1-14-10-5-7(6-13)4-9(12)11(10)8-2-3-8/h4-5,8,13H,2-3,6H2,1H3. The third kappa shape index (κ3) is 1.72. The Morgan fingerprint density at radius 1 is 1.50 bits per heavy atom. The Morgan fingerprint density at radius 3 is 2.71 bits per heavy atom. The highest BCUT2D eigenvalue weighted by Crippen LogP contribution is 2.47. The fourth-order valence-electron chi connectivity index (χ4n) is 1.67. The molecule has 1 aliphatic carbocycles. The predicted molar refractivity (Wildman–Crippen MR) is 55.9 cm³/mol. The van der Waals surface area contributed by atoms with Crippen molar-refractivity contribution in [1.82, 2.24) is 0 Å². The summed E-state index contributed by atoms with van der Waals surface area (Å²) in [5, 5.41) is 9.73. The van der Waals surface area contributed by atoms with Crippen molar-refractivity contribution in [1.29, 1.82) is 0 Å². The van der Waals surface area contributed by atoms with Crippen LogP contribution in [0.5, 0.6) is 5.75 Å². The molecule has 0 unspecified atom stereocenters. The summed E-state index contributed by atoms with van der Waals surface area (Å²) in [5.41, 5.74) is 1.91. The molecule has 0 bridgehead atoms. The van der Waals surface area contributed by atoms with Crippen LogP contribution in [-0.4, -0.2) is 12.2 Å². The van der Waals surface area contributed by atoms with Gasteiger partial charge in [-0.3, -0.25) is 0 Å². The van der Waals surface area contributed by atoms with E-state index in [-0.39, 0.29) is 6.61 Å². The Hall–Kier alpha value is -0.730. The number of methoxy groups -OCH3 is 1. The summed E-state index contributed by atoms with van der Waals surface area (Å²) in [6, 6.07) is 3.68. The van der Waals surface area contributed by atoms with E-state index in [1.807, 2.05) is 12.1 Å². The lowest BCUT2D eigenvalue weighted by Crippen LogP contribution is -1.94. The molecule has 0 radical (unpaired) electrons. The second-order valence-corrected chi connectivity index (χ2v) is 4.03. The van der Waals surface area contributed by atoms with Crippen LogP contribution in [0.3, 0.4) is 0 Å². The van der Waals surface area contributed by atoms with Crippen LogP contribution in [0.1, 0.15) is 29.9 Å². The van der Waals surface area contributed by atoms with Gasteiger partial charge in [0.2, 0.25) is 0 Å². The summed E-state index contributed by atoms with van der Waals surface area (Å²) >= 11 is 6.14. The smallest absolute Gasteiger partial charge is 0.124 e. The fourth-order valence-corrected chi connectivity index (χ4v) is 2.06. The van der Waals surface area contributed by atoms with E-state index in [9.17, 15) is 0 Å². The van der Waals surface area contributed by atoms with Crippen molar-refractivity contribution >= 4 is 11.6 Å². The maximum absolute atomic E-state index is 9.01. The lowest BCUT2D eigenvalue weighted by molar-refractivity contribution is 0.281. The average molecular weight is 213 g/mol. The van der Waals surface area contributed by atoms with Gasteiger partial charge in [0.05, 0.1) is 13.7 Å². The highest BCUT2D eigenvalue weighted by molar-refractivity contribution is 6.31. The van der Waals surface area contributed by atoms with E-state index in [1.54, 1.807) is 7.11 Å². The summed E-state index contributed by atoms with van der Waals surface area (Å²) in [7, 11) is 1.64. The topological polar surface area (TPSA) is 29.5 Å². The molecule has 3 heteroatoms. The molecule has 0 amide bonds. The van der Waals surface area contributed by atoms with Gasteiger partial charge >= 0.3 is 0 Å². The third-order valence-corrected chi connectivity index (χ3v) is 2.85. The molecule has 2 nitrogen and oxygen atoms in total. The van der Waals surface area contributed by atoms with E-state index in [1.165, 1.54) is 12.8 Å². The maximum Gasteiger partial charge on any atom is 0.124 e. The number of aliphatic hydroxyl groups excluding tert-OH is 1. The van der Waals surface area contributed by atoms with E-state index in [0.717, 1.165) is 21.9 Å². The van der Waals surface area contributed by atoms with Crippen molar-refractivity contribution in [3.05, 3.63) is 28.3 Å². The van der Waals surface area contributed by atoms with Crippen LogP contribution < -0.4 is 4.74 Å². The number of ether oxygens (including phenoxy) is 1. The van der Waals surface area contributed by atoms with Gasteiger partial charge in [0.15, 0.2) is 0 Å². The van der Waals surface area contributed by atoms with Gasteiger partial charge in [0.1, 0.15) is 5.75 Å². The zero-order chi connectivity index (χ0) is 10.1. The largest absolute Gasteiger partial charge is 0.496 e. The van der Waals surface area contributed by atoms with Gasteiger partial charge in [-0.05, 0) is 36.5 Å². The fraction of sp³-hybridized carbons (Fsp3) is 0.455. The van der Waals surface area contributed by atoms with Crippen molar-refractivity contribution in [2.45, 2.75) is 25.4 Å². The number of aliphatic hydroxyl groups is 1. The van der Waals surface area contributed by atoms with E-state index in [2.05, 4.69) is 0 Å². The summed E-state index contributed by atoms with van der Waals surface area (Å²) in [5.74, 6) is 1.37. The first-order valence-corrected chi connectivity index (χ1v) is 5.11. The number of hydrogen-bond donors (Lipinski definition) is 1. The molecule has 14 heavy (non-hydrogen) atoms. The first-order chi connectivity index (χ1) is 6.76. The van der Waals surface area contributed by atoms with Crippen LogP contribution in [0.4, 0.5) is 0 Å². The van der Waals surface area contributed by atoms with E-state index in [0.29, 0.717) is 5.92 Å². The second-order valence-electron chi connectivity index (χ2n) is 3.63. The molecule has 1 aliphatic rings. The van der Waals surface area contributed by atoms with Crippen molar-refractivity contribution in [2.75, 3.05) is 7.11 Å². The monoisotopic (exact) mass is 212 g/mol. The molecule has 0 aromatic heterocycles. The molecule has 0 heterocycles. The van der Waals surface area contributed by atoms with Crippen LogP contribution in [0, 0.1) is 0 Å². The highest BCUT2D eigenvalue weighted by atomic mass is 35.5. The van der Waals surface area contributed by atoms with Gasteiger partial charge in [-0.25, -0.2) is 0 Å². The van der Waals surface area contributed by atoms with Crippen LogP contribution >= 0.6 is 11.6 Å². The summed E-state index contributed by atoms with van der Waals surface area (Å²) in [4.78, 5) is 0. The predicted octanol–water partition coefficient (Wildman–Crippen LogP) is 2.72. The molecule has 1 N–H and O–H groups in total. The van der Waals surface area contributed by atoms with Crippen LogP contribution in [-0.2, 0) is 6.61 Å². The van der Waals surface area contributed by atoms with E-state index >= 15 is 0 Å². The summed E-state index contributed by atoms with van der Waals surface area (Å²) < 4.78 is 5.27. The minimum Gasteiger partial charge on any atom is -0.496 e. The maximum atomic E-state index is 9.01. The minimum atomic E-state index is 0.00102. The third-order valence-electron chi connectivity index (χ3n) is 2.54. The van der Waals surface area contributed by atoms with Gasteiger partial charge in [-0.1, -0.05) is 11.6 Å². The van der Waals surface area contributed by atoms with E-state index in [4.69, 9.17) is 21.4 Å². The van der Waals surface area contributed by atoms with Crippen molar-refractivity contribution in [2.24, 2.45) is 0 Å². The number of halogens is 1. The Balaban J connectivity index is 2.46. The first-order valence-electron chi connectivity index (χ1n) is 4.73. The average Bonchev–Trinajstić information content (AvgIpc) is 3.00. The van der Waals surface area contributed by atoms with Crippen molar-refractivity contribution in [3.63, 3.8) is 0 Å². The lowest BCUT2D eigenvalue weighted by atomic mass is 10.1. The summed E-state index contributed by atoms with van der Waals surface area (Å²) in [6.45, 7) is 0.00102. The molecule has 76 valence electrons. The van der Waals surface area contributed by atoms with Crippen molar-refractivity contribution < 1.29 is 9.84 Å². The Labute approximate surface area is 88.5 Å². The molecule has 1 saturated carbocycles. The SMILES string of the molecule is COc1cc(CO)cc(Cl)c1C1CC1. The zero-order valence-corrected chi connectivity index (χ0v) is 8.84. The van der Waals surface area contributed by atoms with Gasteiger partial charge in [0, 0.05) is 10.6 Å². The Kier molecular flexibility index (Phi) is 2.66. The highest BCUT2D eigenvalue weighted by Gasteiger charge is 2.29. The van der Waals surface area contributed by atoms with Crippen LogP contribution in [0.25, 0.3) is 0 Å². The minimum absolute atomic E-state index is 0.00102.